The molecule has 1 unspecified atom stereocenters. The molecule has 1 aliphatic rings. The molecule has 1 N–H and O–H groups in total. The molecule has 0 radical (unpaired) electrons. The molecule has 1 aromatic heterocycles. The topological polar surface area (TPSA) is 95.5 Å². The van der Waals surface area contributed by atoms with E-state index in [0.29, 0.717) is 28.9 Å². The molecule has 2 aromatic rings. The Morgan fingerprint density at radius 1 is 1.34 bits per heavy atom. The van der Waals surface area contributed by atoms with Crippen LogP contribution in [0.15, 0.2) is 35.2 Å². The molecule has 0 bridgehead atoms. The molecule has 156 valence electrons. The van der Waals surface area contributed by atoms with E-state index in [2.05, 4.69) is 15.3 Å². The molecule has 1 amide bonds. The molecule has 1 aliphatic heterocycles. The number of aromatic nitrogens is 2. The number of hydrogen-bond donors (Lipinski definition) is 1. The molecule has 10 heteroatoms. The molecule has 0 spiro atoms. The lowest BCUT2D eigenvalue weighted by atomic mass is 10.2. The summed E-state index contributed by atoms with van der Waals surface area (Å²) >= 11 is 5.94. The van der Waals surface area contributed by atoms with E-state index in [1.54, 1.807) is 30.1 Å². The van der Waals surface area contributed by atoms with Crippen molar-refractivity contribution >= 4 is 33.3 Å². The highest BCUT2D eigenvalue weighted by Crippen LogP contribution is 2.31. The molecule has 8 nitrogen and oxygen atoms in total. The monoisotopic (exact) mass is 437 g/mol. The van der Waals surface area contributed by atoms with E-state index in [-0.39, 0.29) is 23.4 Å². The van der Waals surface area contributed by atoms with Crippen molar-refractivity contribution in [1.82, 2.24) is 19.2 Å². The van der Waals surface area contributed by atoms with Crippen LogP contribution in [0, 0.1) is 0 Å². The highest BCUT2D eigenvalue weighted by atomic mass is 35.5. The lowest BCUT2D eigenvalue weighted by Gasteiger charge is -2.23. The SMILES string of the molecule is CNc1cc(CN(C)S(=O)(=O)c2cccc(Cl)c2)nc(C2CCCN2C(C)=O)n1. The molecular formula is C19H24ClN5O3S. The van der Waals surface area contributed by atoms with Crippen LogP contribution in [0.2, 0.25) is 5.02 Å². The van der Waals surface area contributed by atoms with E-state index >= 15 is 0 Å². The molecule has 0 aliphatic carbocycles. The van der Waals surface area contributed by atoms with Crippen LogP contribution in [0.3, 0.4) is 0 Å². The van der Waals surface area contributed by atoms with Crippen LogP contribution in [0.1, 0.15) is 37.3 Å². The molecule has 0 saturated carbocycles. The first-order chi connectivity index (χ1) is 13.7. The van der Waals surface area contributed by atoms with Gasteiger partial charge in [-0.2, -0.15) is 4.31 Å². The number of sulfonamides is 1. The van der Waals surface area contributed by atoms with Crippen molar-refractivity contribution in [3.8, 4) is 0 Å². The minimum absolute atomic E-state index is 0.0202. The van der Waals surface area contributed by atoms with E-state index in [1.807, 2.05) is 0 Å². The minimum atomic E-state index is -3.73. The van der Waals surface area contributed by atoms with E-state index < -0.39 is 10.0 Å². The standard InChI is InChI=1S/C19H24ClN5O3S/c1-13(26)25-9-5-8-17(25)19-22-15(11-18(21-2)23-19)12-24(3)29(27,28)16-7-4-6-14(20)10-16/h4,6-7,10-11,17H,5,8-9,12H2,1-3H3,(H,21,22,23). The zero-order chi connectivity index (χ0) is 21.2. The van der Waals surface area contributed by atoms with E-state index in [1.165, 1.54) is 30.4 Å². The van der Waals surface area contributed by atoms with Gasteiger partial charge in [-0.1, -0.05) is 17.7 Å². The van der Waals surface area contributed by atoms with Crippen molar-refractivity contribution in [2.45, 2.75) is 37.2 Å². The second-order valence-corrected chi connectivity index (χ2v) is 9.42. The number of carbonyl (C=O) groups excluding carboxylic acids is 1. The van der Waals surface area contributed by atoms with E-state index in [4.69, 9.17) is 11.6 Å². The number of halogens is 1. The predicted octanol–water partition coefficient (Wildman–Crippen LogP) is 2.68. The van der Waals surface area contributed by atoms with Gasteiger partial charge in [-0.05, 0) is 31.0 Å². The number of benzene rings is 1. The van der Waals surface area contributed by atoms with Gasteiger partial charge in [-0.25, -0.2) is 18.4 Å². The van der Waals surface area contributed by atoms with Crippen LogP contribution < -0.4 is 5.32 Å². The molecule has 2 heterocycles. The highest BCUT2D eigenvalue weighted by Gasteiger charge is 2.31. The summed E-state index contributed by atoms with van der Waals surface area (Å²) in [6, 6.07) is 7.65. The van der Waals surface area contributed by atoms with Crippen LogP contribution in [-0.4, -0.2) is 54.1 Å². The number of nitrogens with one attached hydrogen (secondary N) is 1. The lowest BCUT2D eigenvalue weighted by Crippen LogP contribution is -2.30. The van der Waals surface area contributed by atoms with Crippen molar-refractivity contribution in [2.24, 2.45) is 0 Å². The molecule has 29 heavy (non-hydrogen) atoms. The van der Waals surface area contributed by atoms with E-state index in [0.717, 1.165) is 12.8 Å². The molecule has 1 aromatic carbocycles. The van der Waals surface area contributed by atoms with Crippen LogP contribution in [-0.2, 0) is 21.4 Å². The zero-order valence-corrected chi connectivity index (χ0v) is 18.2. The summed E-state index contributed by atoms with van der Waals surface area (Å²) in [7, 11) is -0.501. The Bertz CT molecular complexity index is 1010. The summed E-state index contributed by atoms with van der Waals surface area (Å²) in [6.07, 6.45) is 1.67. The summed E-state index contributed by atoms with van der Waals surface area (Å²) in [5, 5.41) is 3.34. The molecule has 1 atom stereocenters. The van der Waals surface area contributed by atoms with Crippen molar-refractivity contribution < 1.29 is 13.2 Å². The van der Waals surface area contributed by atoms with Gasteiger partial charge in [0.25, 0.3) is 0 Å². The fourth-order valence-corrected chi connectivity index (χ4v) is 4.85. The van der Waals surface area contributed by atoms with Gasteiger partial charge in [0.2, 0.25) is 15.9 Å². The summed E-state index contributed by atoms with van der Waals surface area (Å²) in [6.45, 7) is 2.27. The lowest BCUT2D eigenvalue weighted by molar-refractivity contribution is -0.129. The Labute approximate surface area is 176 Å². The maximum Gasteiger partial charge on any atom is 0.243 e. The second kappa shape index (κ2) is 8.64. The van der Waals surface area contributed by atoms with Gasteiger partial charge >= 0.3 is 0 Å². The predicted molar refractivity (Wildman–Crippen MR) is 111 cm³/mol. The molecule has 1 fully saturated rings. The van der Waals surface area contributed by atoms with Gasteiger partial charge < -0.3 is 10.2 Å². The number of carbonyl (C=O) groups is 1. The Balaban J connectivity index is 1.90. The number of likely N-dealkylation sites (tertiary alicyclic amines) is 1. The average molecular weight is 438 g/mol. The maximum atomic E-state index is 12.9. The van der Waals surface area contributed by atoms with Crippen molar-refractivity contribution in [3.63, 3.8) is 0 Å². The Morgan fingerprint density at radius 2 is 2.10 bits per heavy atom. The summed E-state index contributed by atoms with van der Waals surface area (Å²) in [5.41, 5.74) is 0.544. The smallest absolute Gasteiger partial charge is 0.243 e. The van der Waals surface area contributed by atoms with Gasteiger partial charge in [-0.15, -0.1) is 0 Å². The first kappa shape index (κ1) is 21.5. The highest BCUT2D eigenvalue weighted by molar-refractivity contribution is 7.89. The zero-order valence-electron chi connectivity index (χ0n) is 16.6. The van der Waals surface area contributed by atoms with Crippen molar-refractivity contribution in [3.05, 3.63) is 46.9 Å². The number of nitrogens with zero attached hydrogens (tertiary/aromatic N) is 4. The van der Waals surface area contributed by atoms with Crippen LogP contribution in [0.4, 0.5) is 5.82 Å². The third-order valence-electron chi connectivity index (χ3n) is 4.90. The van der Waals surface area contributed by atoms with Crippen molar-refractivity contribution in [2.75, 3.05) is 26.0 Å². The first-order valence-electron chi connectivity index (χ1n) is 9.27. The average Bonchev–Trinajstić information content (AvgIpc) is 3.18. The number of amides is 1. The van der Waals surface area contributed by atoms with Crippen molar-refractivity contribution in [1.29, 1.82) is 0 Å². The quantitative estimate of drug-likeness (QED) is 0.746. The largest absolute Gasteiger partial charge is 0.373 e. The number of rotatable bonds is 6. The third kappa shape index (κ3) is 4.68. The van der Waals surface area contributed by atoms with Crippen LogP contribution in [0.25, 0.3) is 0 Å². The Kier molecular flexibility index (Phi) is 6.40. The summed E-state index contributed by atoms with van der Waals surface area (Å²) in [5.74, 6) is 1.08. The maximum absolute atomic E-state index is 12.9. The molecular weight excluding hydrogens is 414 g/mol. The fourth-order valence-electron chi connectivity index (χ4n) is 3.41. The third-order valence-corrected chi connectivity index (χ3v) is 6.93. The fraction of sp³-hybridized carbons (Fsp3) is 0.421. The Morgan fingerprint density at radius 3 is 2.76 bits per heavy atom. The van der Waals surface area contributed by atoms with Crippen LogP contribution >= 0.6 is 11.6 Å². The number of anilines is 1. The van der Waals surface area contributed by atoms with Gasteiger partial charge in [0, 0.05) is 38.7 Å². The summed E-state index contributed by atoms with van der Waals surface area (Å²) < 4.78 is 27.0. The van der Waals surface area contributed by atoms with Gasteiger partial charge in [0.05, 0.1) is 23.2 Å². The van der Waals surface area contributed by atoms with E-state index in [9.17, 15) is 13.2 Å². The Hall–Kier alpha value is -2.23. The van der Waals surface area contributed by atoms with Gasteiger partial charge in [0.15, 0.2) is 5.82 Å². The normalized spacial score (nSPS) is 17.0. The van der Waals surface area contributed by atoms with Crippen LogP contribution in [0.5, 0.6) is 0 Å². The van der Waals surface area contributed by atoms with Gasteiger partial charge in [-0.3, -0.25) is 4.79 Å². The summed E-state index contributed by atoms with van der Waals surface area (Å²) in [4.78, 5) is 22.9. The second-order valence-electron chi connectivity index (χ2n) is 6.94. The minimum Gasteiger partial charge on any atom is -0.373 e. The molecule has 3 rings (SSSR count). The number of hydrogen-bond acceptors (Lipinski definition) is 6. The molecule has 1 saturated heterocycles. The first-order valence-corrected chi connectivity index (χ1v) is 11.1. The van der Waals surface area contributed by atoms with Gasteiger partial charge in [0.1, 0.15) is 5.82 Å².